The van der Waals surface area contributed by atoms with E-state index >= 15 is 0 Å². The lowest BCUT2D eigenvalue weighted by Gasteiger charge is -2.32. The van der Waals surface area contributed by atoms with Gasteiger partial charge in [-0.1, -0.05) is 6.08 Å². The van der Waals surface area contributed by atoms with Gasteiger partial charge in [-0.2, -0.15) is 0 Å². The number of hydrogen-bond acceptors (Lipinski definition) is 4. The molecule has 0 atom stereocenters. The summed E-state index contributed by atoms with van der Waals surface area (Å²) in [6.45, 7) is 5.47. The zero-order valence-corrected chi connectivity index (χ0v) is 11.4. The molecule has 2 heterocycles. The van der Waals surface area contributed by atoms with E-state index in [-0.39, 0.29) is 0 Å². The summed E-state index contributed by atoms with van der Waals surface area (Å²) in [5.41, 5.74) is 0. The largest absolute Gasteiger partial charge is 0.355 e. The van der Waals surface area contributed by atoms with Crippen molar-refractivity contribution in [2.45, 2.75) is 17.7 Å². The monoisotopic (exact) mass is 266 g/mol. The Kier molecular flexibility index (Phi) is 3.71. The van der Waals surface area contributed by atoms with Crippen LogP contribution >= 0.6 is 0 Å². The minimum Gasteiger partial charge on any atom is -0.355 e. The van der Waals surface area contributed by atoms with E-state index in [1.165, 1.54) is 6.26 Å². The van der Waals surface area contributed by atoms with Gasteiger partial charge in [0, 0.05) is 25.5 Å². The van der Waals surface area contributed by atoms with Crippen LogP contribution in [0, 0.1) is 5.92 Å². The standard InChI is InChI=1S/C13H18N2O2S/c1-3-11-6-9-15(10-7-11)13-12(18(2,16)17)5-4-8-14-13/h3-5,8,11H,1,6-7,9-10H2,2H3. The second-order valence-corrected chi connectivity index (χ2v) is 6.64. The zero-order valence-electron chi connectivity index (χ0n) is 10.5. The van der Waals surface area contributed by atoms with Crippen molar-refractivity contribution in [2.24, 2.45) is 5.92 Å². The Morgan fingerprint density at radius 1 is 1.44 bits per heavy atom. The van der Waals surface area contributed by atoms with Crippen LogP contribution in [0.4, 0.5) is 5.82 Å². The van der Waals surface area contributed by atoms with Gasteiger partial charge in [0.25, 0.3) is 0 Å². The lowest BCUT2D eigenvalue weighted by molar-refractivity contribution is 0.475. The normalized spacial score (nSPS) is 17.7. The topological polar surface area (TPSA) is 50.3 Å². The molecule has 0 aliphatic carbocycles. The smallest absolute Gasteiger partial charge is 0.179 e. The highest BCUT2D eigenvalue weighted by molar-refractivity contribution is 7.90. The van der Waals surface area contributed by atoms with Gasteiger partial charge < -0.3 is 4.90 Å². The van der Waals surface area contributed by atoms with Crippen molar-refractivity contribution < 1.29 is 8.42 Å². The molecule has 1 aromatic rings. The average Bonchev–Trinajstić information content (AvgIpc) is 2.38. The maximum absolute atomic E-state index is 11.7. The number of hydrogen-bond donors (Lipinski definition) is 0. The number of anilines is 1. The van der Waals surface area contributed by atoms with Gasteiger partial charge in [-0.05, 0) is 30.9 Å². The summed E-state index contributed by atoms with van der Waals surface area (Å²) >= 11 is 0. The third kappa shape index (κ3) is 2.72. The summed E-state index contributed by atoms with van der Waals surface area (Å²) in [4.78, 5) is 6.61. The van der Waals surface area contributed by atoms with E-state index in [4.69, 9.17) is 0 Å². The molecule has 5 heteroatoms. The highest BCUT2D eigenvalue weighted by Gasteiger charge is 2.23. The molecule has 0 radical (unpaired) electrons. The fourth-order valence-electron chi connectivity index (χ4n) is 2.26. The molecule has 18 heavy (non-hydrogen) atoms. The number of allylic oxidation sites excluding steroid dienone is 1. The van der Waals surface area contributed by atoms with Crippen molar-refractivity contribution >= 4 is 15.7 Å². The zero-order chi connectivity index (χ0) is 13.2. The van der Waals surface area contributed by atoms with Crippen molar-refractivity contribution in [3.63, 3.8) is 0 Å². The first-order valence-electron chi connectivity index (χ1n) is 6.05. The van der Waals surface area contributed by atoms with Crippen LogP contribution in [0.3, 0.4) is 0 Å². The van der Waals surface area contributed by atoms with Crippen molar-refractivity contribution in [1.29, 1.82) is 0 Å². The predicted molar refractivity (Wildman–Crippen MR) is 72.5 cm³/mol. The molecule has 0 aromatic carbocycles. The van der Waals surface area contributed by atoms with Gasteiger partial charge in [0.1, 0.15) is 10.7 Å². The van der Waals surface area contributed by atoms with Crippen LogP contribution < -0.4 is 4.90 Å². The van der Waals surface area contributed by atoms with Crippen LogP contribution in [0.5, 0.6) is 0 Å². The fourth-order valence-corrected chi connectivity index (χ4v) is 3.10. The molecular weight excluding hydrogens is 248 g/mol. The Labute approximate surface area is 108 Å². The molecule has 1 fully saturated rings. The number of sulfone groups is 1. The third-order valence-corrected chi connectivity index (χ3v) is 4.44. The highest BCUT2D eigenvalue weighted by Crippen LogP contribution is 2.27. The van der Waals surface area contributed by atoms with Crippen molar-refractivity contribution in [2.75, 3.05) is 24.2 Å². The van der Waals surface area contributed by atoms with Crippen molar-refractivity contribution in [1.82, 2.24) is 4.98 Å². The van der Waals surface area contributed by atoms with E-state index in [0.717, 1.165) is 25.9 Å². The quantitative estimate of drug-likeness (QED) is 0.784. The van der Waals surface area contributed by atoms with Gasteiger partial charge >= 0.3 is 0 Å². The minimum absolute atomic E-state index is 0.321. The molecule has 98 valence electrons. The molecule has 1 saturated heterocycles. The van der Waals surface area contributed by atoms with Crippen molar-refractivity contribution in [3.05, 3.63) is 31.0 Å². The summed E-state index contributed by atoms with van der Waals surface area (Å²) in [5, 5.41) is 0. The molecule has 1 aromatic heterocycles. The molecule has 1 aliphatic rings. The van der Waals surface area contributed by atoms with Crippen LogP contribution in [0.25, 0.3) is 0 Å². The number of pyridine rings is 1. The molecule has 0 spiro atoms. The first-order chi connectivity index (χ1) is 8.52. The molecule has 0 amide bonds. The fraction of sp³-hybridized carbons (Fsp3) is 0.462. The van der Waals surface area contributed by atoms with Gasteiger partial charge in [0.2, 0.25) is 0 Å². The number of rotatable bonds is 3. The Hall–Kier alpha value is -1.36. The number of piperidine rings is 1. The third-order valence-electron chi connectivity index (χ3n) is 3.32. The average molecular weight is 266 g/mol. The van der Waals surface area contributed by atoms with Crippen molar-refractivity contribution in [3.8, 4) is 0 Å². The number of aromatic nitrogens is 1. The van der Waals surface area contributed by atoms with Crippen LogP contribution in [-0.2, 0) is 9.84 Å². The molecule has 2 rings (SSSR count). The SMILES string of the molecule is C=CC1CCN(c2ncccc2S(C)(=O)=O)CC1. The summed E-state index contributed by atoms with van der Waals surface area (Å²) in [6, 6.07) is 3.29. The summed E-state index contributed by atoms with van der Waals surface area (Å²) in [5.74, 6) is 1.12. The van der Waals surface area contributed by atoms with Crippen LogP contribution in [0.1, 0.15) is 12.8 Å². The predicted octanol–water partition coefficient (Wildman–Crippen LogP) is 1.89. The molecule has 0 unspecified atom stereocenters. The van der Waals surface area contributed by atoms with Gasteiger partial charge in [0.15, 0.2) is 9.84 Å². The second kappa shape index (κ2) is 5.10. The Balaban J connectivity index is 2.27. The summed E-state index contributed by atoms with van der Waals surface area (Å²) < 4.78 is 23.5. The Morgan fingerprint density at radius 3 is 2.67 bits per heavy atom. The molecule has 1 aliphatic heterocycles. The molecular formula is C13H18N2O2S. The van der Waals surface area contributed by atoms with Gasteiger partial charge in [-0.25, -0.2) is 13.4 Å². The molecule has 0 N–H and O–H groups in total. The van der Waals surface area contributed by atoms with E-state index in [9.17, 15) is 8.42 Å². The summed E-state index contributed by atoms with van der Waals surface area (Å²) in [7, 11) is -3.23. The van der Waals surface area contributed by atoms with Crippen LogP contribution in [0.2, 0.25) is 0 Å². The van der Waals surface area contributed by atoms with E-state index < -0.39 is 9.84 Å². The summed E-state index contributed by atoms with van der Waals surface area (Å²) in [6.07, 6.45) is 6.85. The van der Waals surface area contributed by atoms with E-state index in [1.54, 1.807) is 18.3 Å². The van der Waals surface area contributed by atoms with Crippen LogP contribution in [0.15, 0.2) is 35.9 Å². The lowest BCUT2D eigenvalue weighted by atomic mass is 9.97. The number of nitrogens with zero attached hydrogens (tertiary/aromatic N) is 2. The Morgan fingerprint density at radius 2 is 2.11 bits per heavy atom. The molecule has 0 bridgehead atoms. The van der Waals surface area contributed by atoms with Gasteiger partial charge in [-0.3, -0.25) is 0 Å². The lowest BCUT2D eigenvalue weighted by Crippen LogP contribution is -2.34. The second-order valence-electron chi connectivity index (χ2n) is 4.66. The molecule has 0 saturated carbocycles. The first kappa shape index (κ1) is 13.1. The first-order valence-corrected chi connectivity index (χ1v) is 7.94. The maximum Gasteiger partial charge on any atom is 0.179 e. The van der Waals surface area contributed by atoms with E-state index in [2.05, 4.69) is 16.5 Å². The van der Waals surface area contributed by atoms with Gasteiger partial charge in [0.05, 0.1) is 0 Å². The highest BCUT2D eigenvalue weighted by atomic mass is 32.2. The minimum atomic E-state index is -3.23. The van der Waals surface area contributed by atoms with Crippen LogP contribution in [-0.4, -0.2) is 32.7 Å². The van der Waals surface area contributed by atoms with E-state index in [1.807, 2.05) is 6.08 Å². The maximum atomic E-state index is 11.7. The van der Waals surface area contributed by atoms with E-state index in [0.29, 0.717) is 16.6 Å². The van der Waals surface area contributed by atoms with Gasteiger partial charge in [-0.15, -0.1) is 6.58 Å². The Bertz CT molecular complexity index is 532. The molecule has 4 nitrogen and oxygen atoms in total.